The number of benzene rings is 1. The zero-order valence-corrected chi connectivity index (χ0v) is 8.38. The molecule has 1 aromatic rings. The minimum Gasteiger partial charge on any atom is -0.453 e. The number of Topliss-reactive ketones (excluding diaryl/α,β-unsaturated/α-hetero) is 1. The number of nitrogens with one attached hydrogen (secondary N) is 1. The van der Waals surface area contributed by atoms with Gasteiger partial charge in [0.1, 0.15) is 0 Å². The van der Waals surface area contributed by atoms with E-state index in [-0.39, 0.29) is 11.7 Å². The second-order valence-electron chi connectivity index (χ2n) is 2.65. The molecule has 0 spiro atoms. The van der Waals surface area contributed by atoms with E-state index in [1.165, 1.54) is 24.3 Å². The topological polar surface area (TPSA) is 55.4 Å². The van der Waals surface area contributed by atoms with E-state index in [0.717, 1.165) is 0 Å². The van der Waals surface area contributed by atoms with E-state index in [1.807, 2.05) is 0 Å². The van der Waals surface area contributed by atoms with E-state index in [2.05, 4.69) is 10.1 Å². The molecule has 0 aliphatic carbocycles. The molecule has 0 saturated carbocycles. The molecule has 1 N–H and O–H groups in total. The van der Waals surface area contributed by atoms with Crippen molar-refractivity contribution in [3.63, 3.8) is 0 Å². The standard InChI is InChI=1S/C10H10ClNO3/c1-15-10(14)12-8-4-2-7(3-5-8)9(13)6-11/h2-5H,6H2,1H3,(H,12,14)/i1D3. The molecular weight excluding hydrogens is 218 g/mol. The third-order valence-electron chi connectivity index (χ3n) is 1.67. The lowest BCUT2D eigenvalue weighted by molar-refractivity contribution is 0.102. The largest absolute Gasteiger partial charge is 0.453 e. The van der Waals surface area contributed by atoms with Crippen LogP contribution in [-0.4, -0.2) is 24.8 Å². The normalized spacial score (nSPS) is 13.3. The highest BCUT2D eigenvalue weighted by molar-refractivity contribution is 6.30. The summed E-state index contributed by atoms with van der Waals surface area (Å²) in [5.74, 6) is -0.373. The lowest BCUT2D eigenvalue weighted by Crippen LogP contribution is -2.11. The molecule has 4 nitrogen and oxygen atoms in total. The van der Waals surface area contributed by atoms with Crippen LogP contribution in [0.4, 0.5) is 10.5 Å². The van der Waals surface area contributed by atoms with Crippen molar-refractivity contribution >= 4 is 29.2 Å². The average molecular weight is 231 g/mol. The Morgan fingerprint density at radius 3 is 2.67 bits per heavy atom. The molecule has 0 aliphatic rings. The lowest BCUT2D eigenvalue weighted by Gasteiger charge is -2.03. The van der Waals surface area contributed by atoms with Gasteiger partial charge >= 0.3 is 6.09 Å². The fourth-order valence-electron chi connectivity index (χ4n) is 0.960. The fourth-order valence-corrected chi connectivity index (χ4v) is 1.11. The predicted octanol–water partition coefficient (Wildman–Crippen LogP) is 2.29. The predicted molar refractivity (Wildman–Crippen MR) is 57.5 cm³/mol. The molecule has 80 valence electrons. The van der Waals surface area contributed by atoms with Gasteiger partial charge in [0.15, 0.2) is 5.78 Å². The third-order valence-corrected chi connectivity index (χ3v) is 1.91. The van der Waals surface area contributed by atoms with Crippen molar-refractivity contribution in [1.29, 1.82) is 0 Å². The van der Waals surface area contributed by atoms with Crippen LogP contribution in [0.3, 0.4) is 0 Å². The highest BCUT2D eigenvalue weighted by Gasteiger charge is 2.04. The Bertz CT molecular complexity index is 445. The zero-order chi connectivity index (χ0) is 13.8. The maximum atomic E-state index is 11.2. The summed E-state index contributed by atoms with van der Waals surface area (Å²) in [4.78, 5) is 22.3. The average Bonchev–Trinajstić information content (AvgIpc) is 2.26. The molecule has 1 amide bonds. The molecule has 0 saturated heterocycles. The van der Waals surface area contributed by atoms with Crippen molar-refractivity contribution in [1.82, 2.24) is 0 Å². The summed E-state index contributed by atoms with van der Waals surface area (Å²) >= 11 is 5.38. The Morgan fingerprint density at radius 2 is 2.13 bits per heavy atom. The number of methoxy groups -OCH3 is 1. The number of ether oxygens (including phenoxy) is 1. The van der Waals surface area contributed by atoms with Crippen LogP contribution >= 0.6 is 11.6 Å². The monoisotopic (exact) mass is 230 g/mol. The summed E-state index contributed by atoms with van der Waals surface area (Å²) in [5.41, 5.74) is 0.718. The first-order valence-electron chi connectivity index (χ1n) is 5.51. The molecule has 0 atom stereocenters. The molecule has 1 aromatic carbocycles. The molecule has 0 heterocycles. The SMILES string of the molecule is [2H]C([2H])([2H])OC(=O)Nc1ccc(C(=O)CCl)cc1. The van der Waals surface area contributed by atoms with Crippen LogP contribution in [-0.2, 0) is 4.74 Å². The smallest absolute Gasteiger partial charge is 0.411 e. The lowest BCUT2D eigenvalue weighted by atomic mass is 10.1. The second-order valence-corrected chi connectivity index (χ2v) is 2.92. The van der Waals surface area contributed by atoms with Gasteiger partial charge in [-0.15, -0.1) is 11.6 Å². The number of hydrogen-bond acceptors (Lipinski definition) is 3. The van der Waals surface area contributed by atoms with E-state index in [9.17, 15) is 9.59 Å². The molecule has 0 unspecified atom stereocenters. The van der Waals surface area contributed by atoms with Crippen LogP contribution in [0, 0.1) is 0 Å². The van der Waals surface area contributed by atoms with Crippen LogP contribution < -0.4 is 5.32 Å². The molecule has 0 fully saturated rings. The number of anilines is 1. The number of hydrogen-bond donors (Lipinski definition) is 1. The van der Waals surface area contributed by atoms with E-state index < -0.39 is 13.1 Å². The Morgan fingerprint density at radius 1 is 1.47 bits per heavy atom. The highest BCUT2D eigenvalue weighted by Crippen LogP contribution is 2.10. The number of halogens is 1. The van der Waals surface area contributed by atoms with Crippen molar-refractivity contribution in [3.05, 3.63) is 29.8 Å². The van der Waals surface area contributed by atoms with Gasteiger partial charge in [-0.05, 0) is 24.3 Å². The van der Waals surface area contributed by atoms with Crippen molar-refractivity contribution in [3.8, 4) is 0 Å². The Hall–Kier alpha value is -1.55. The van der Waals surface area contributed by atoms with Gasteiger partial charge in [-0.2, -0.15) is 0 Å². The third kappa shape index (κ3) is 3.25. The quantitative estimate of drug-likeness (QED) is 0.640. The summed E-state index contributed by atoms with van der Waals surface area (Å²) in [7, 11) is -2.79. The summed E-state index contributed by atoms with van der Waals surface area (Å²) in [6.45, 7) is 0. The molecule has 15 heavy (non-hydrogen) atoms. The van der Waals surface area contributed by atoms with E-state index >= 15 is 0 Å². The fraction of sp³-hybridized carbons (Fsp3) is 0.200. The molecule has 5 heteroatoms. The molecule has 0 bridgehead atoms. The molecular formula is C10H10ClNO3. The van der Waals surface area contributed by atoms with Crippen LogP contribution in [0.25, 0.3) is 0 Å². The van der Waals surface area contributed by atoms with Crippen molar-refractivity contribution in [2.75, 3.05) is 18.2 Å². The van der Waals surface area contributed by atoms with Gasteiger partial charge in [-0.25, -0.2) is 4.79 Å². The summed E-state index contributed by atoms with van der Waals surface area (Å²) in [5, 5.41) is 2.22. The number of amides is 1. The number of carbonyl (C=O) groups excluding carboxylic acids is 2. The van der Waals surface area contributed by atoms with Crippen LogP contribution in [0.1, 0.15) is 14.5 Å². The molecule has 0 aliphatic heterocycles. The number of rotatable bonds is 3. The van der Waals surface area contributed by atoms with Gasteiger partial charge in [0.05, 0.1) is 17.0 Å². The van der Waals surface area contributed by atoms with Crippen molar-refractivity contribution in [2.24, 2.45) is 0 Å². The van der Waals surface area contributed by atoms with Gasteiger partial charge in [-0.3, -0.25) is 10.1 Å². The van der Waals surface area contributed by atoms with E-state index in [4.69, 9.17) is 15.7 Å². The van der Waals surface area contributed by atoms with Crippen LogP contribution in [0.5, 0.6) is 0 Å². The number of carbonyl (C=O) groups is 2. The van der Waals surface area contributed by atoms with Gasteiger partial charge in [0.2, 0.25) is 0 Å². The first kappa shape index (κ1) is 7.70. The van der Waals surface area contributed by atoms with Crippen molar-refractivity contribution in [2.45, 2.75) is 0 Å². The van der Waals surface area contributed by atoms with Gasteiger partial charge < -0.3 is 4.74 Å². The first-order valence-corrected chi connectivity index (χ1v) is 4.54. The minimum absolute atomic E-state index is 0.131. The van der Waals surface area contributed by atoms with E-state index in [0.29, 0.717) is 11.3 Å². The number of ketones is 1. The maximum Gasteiger partial charge on any atom is 0.411 e. The number of alkyl halides is 1. The van der Waals surface area contributed by atoms with Gasteiger partial charge in [0, 0.05) is 11.3 Å². The Kier molecular flexibility index (Phi) is 2.75. The molecule has 0 radical (unpaired) electrons. The van der Waals surface area contributed by atoms with E-state index in [1.54, 1.807) is 0 Å². The van der Waals surface area contributed by atoms with Gasteiger partial charge in [0.25, 0.3) is 0 Å². The van der Waals surface area contributed by atoms with Crippen molar-refractivity contribution < 1.29 is 18.4 Å². The second kappa shape index (κ2) is 5.36. The van der Waals surface area contributed by atoms with Crippen LogP contribution in [0.15, 0.2) is 24.3 Å². The van der Waals surface area contributed by atoms with Gasteiger partial charge in [-0.1, -0.05) is 0 Å². The Labute approximate surface area is 96.4 Å². The minimum atomic E-state index is -2.79. The molecule has 1 rings (SSSR count). The summed E-state index contributed by atoms with van der Waals surface area (Å²) < 4.78 is 24.3. The summed E-state index contributed by atoms with van der Waals surface area (Å²) in [6.07, 6.45) is -1.09. The molecule has 0 aromatic heterocycles. The van der Waals surface area contributed by atoms with Crippen LogP contribution in [0.2, 0.25) is 0 Å². The Balaban J connectivity index is 2.64. The zero-order valence-electron chi connectivity index (χ0n) is 10.6. The summed E-state index contributed by atoms with van der Waals surface area (Å²) in [6, 6.07) is 5.83. The highest BCUT2D eigenvalue weighted by atomic mass is 35.5. The first-order chi connectivity index (χ1) is 8.31. The maximum absolute atomic E-state index is 11.2.